The second-order valence-electron chi connectivity index (χ2n) is 5.80. The summed E-state index contributed by atoms with van der Waals surface area (Å²) >= 11 is 0. The van der Waals surface area contributed by atoms with Gasteiger partial charge in [0.05, 0.1) is 0 Å². The molecule has 4 aromatic rings. The number of furan rings is 1. The van der Waals surface area contributed by atoms with Gasteiger partial charge in [-0.2, -0.15) is 0 Å². The van der Waals surface area contributed by atoms with Crippen LogP contribution in [0.25, 0.3) is 33.2 Å². The van der Waals surface area contributed by atoms with Gasteiger partial charge in [0.1, 0.15) is 11.3 Å². The summed E-state index contributed by atoms with van der Waals surface area (Å²) in [5.41, 5.74) is 4.46. The van der Waals surface area contributed by atoms with Crippen LogP contribution in [0.3, 0.4) is 0 Å². The molecule has 2 aromatic carbocycles. The molecule has 0 fully saturated rings. The third-order valence-corrected chi connectivity index (χ3v) is 3.98. The summed E-state index contributed by atoms with van der Waals surface area (Å²) in [7, 11) is 0. The van der Waals surface area contributed by atoms with E-state index in [2.05, 4.69) is 55.2 Å². The lowest BCUT2D eigenvalue weighted by molar-refractivity contribution is 0.635. The molecular weight excluding hydrogens is 258 g/mol. The maximum Gasteiger partial charge on any atom is 0.144 e. The first kappa shape index (κ1) is 12.3. The number of aromatic nitrogens is 1. The third kappa shape index (κ3) is 1.95. The first-order valence-electron chi connectivity index (χ1n) is 7.33. The van der Waals surface area contributed by atoms with E-state index in [1.807, 2.05) is 18.2 Å². The van der Waals surface area contributed by atoms with Gasteiger partial charge in [-0.25, -0.2) is 0 Å². The molecule has 2 nitrogen and oxygen atoms in total. The summed E-state index contributed by atoms with van der Waals surface area (Å²) < 4.78 is 6.14. The van der Waals surface area contributed by atoms with E-state index in [9.17, 15) is 0 Å². The Morgan fingerprint density at radius 3 is 2.52 bits per heavy atom. The van der Waals surface area contributed by atoms with Gasteiger partial charge in [0.15, 0.2) is 0 Å². The third-order valence-electron chi connectivity index (χ3n) is 3.98. The molecule has 0 amide bonds. The zero-order valence-electron chi connectivity index (χ0n) is 12.2. The van der Waals surface area contributed by atoms with Gasteiger partial charge in [0, 0.05) is 27.5 Å². The molecule has 2 heterocycles. The molecule has 0 atom stereocenters. The second-order valence-corrected chi connectivity index (χ2v) is 5.80. The van der Waals surface area contributed by atoms with Gasteiger partial charge in [-0.05, 0) is 30.2 Å². The molecule has 0 radical (unpaired) electrons. The summed E-state index contributed by atoms with van der Waals surface area (Å²) in [5.74, 6) is 1.40. The quantitative estimate of drug-likeness (QED) is 0.499. The van der Waals surface area contributed by atoms with E-state index < -0.39 is 0 Å². The summed E-state index contributed by atoms with van der Waals surface area (Å²) in [4.78, 5) is 3.48. The van der Waals surface area contributed by atoms with E-state index in [0.717, 1.165) is 27.8 Å². The lowest BCUT2D eigenvalue weighted by atomic mass is 10.1. The zero-order chi connectivity index (χ0) is 14.4. The van der Waals surface area contributed by atoms with Gasteiger partial charge in [-0.15, -0.1) is 0 Å². The van der Waals surface area contributed by atoms with Crippen molar-refractivity contribution in [1.29, 1.82) is 0 Å². The Morgan fingerprint density at radius 1 is 0.952 bits per heavy atom. The maximum absolute atomic E-state index is 6.14. The van der Waals surface area contributed by atoms with Crippen LogP contribution in [-0.4, -0.2) is 4.98 Å². The Balaban J connectivity index is 1.96. The highest BCUT2D eigenvalue weighted by Crippen LogP contribution is 2.34. The molecule has 0 spiro atoms. The SMILES string of the molecule is CC(C)c1cc2c(ccc3cc(-c4ccccc4)oc32)[nH]1. The molecule has 0 aliphatic rings. The van der Waals surface area contributed by atoms with Gasteiger partial charge in [-0.3, -0.25) is 0 Å². The van der Waals surface area contributed by atoms with Crippen molar-refractivity contribution in [3.63, 3.8) is 0 Å². The Bertz CT molecular complexity index is 913. The number of nitrogens with one attached hydrogen (secondary N) is 1. The van der Waals surface area contributed by atoms with Crippen LogP contribution in [0.1, 0.15) is 25.5 Å². The van der Waals surface area contributed by atoms with Crippen LogP contribution < -0.4 is 0 Å². The van der Waals surface area contributed by atoms with Crippen molar-refractivity contribution in [3.8, 4) is 11.3 Å². The van der Waals surface area contributed by atoms with Crippen molar-refractivity contribution >= 4 is 21.9 Å². The Labute approximate surface area is 123 Å². The number of rotatable bonds is 2. The minimum absolute atomic E-state index is 0.482. The molecule has 2 aromatic heterocycles. The summed E-state index contributed by atoms with van der Waals surface area (Å²) in [6, 6.07) is 18.8. The first-order valence-corrected chi connectivity index (χ1v) is 7.33. The first-order chi connectivity index (χ1) is 10.2. The molecule has 104 valence electrons. The second kappa shape index (κ2) is 4.52. The number of H-pyrrole nitrogens is 1. The van der Waals surface area contributed by atoms with Crippen LogP contribution in [0, 0.1) is 0 Å². The van der Waals surface area contributed by atoms with Crippen molar-refractivity contribution in [2.24, 2.45) is 0 Å². The van der Waals surface area contributed by atoms with Crippen LogP contribution in [0.15, 0.2) is 59.0 Å². The number of hydrogen-bond acceptors (Lipinski definition) is 1. The lowest BCUT2D eigenvalue weighted by Crippen LogP contribution is -1.84. The fourth-order valence-corrected chi connectivity index (χ4v) is 2.78. The predicted octanol–water partition coefficient (Wildman–Crippen LogP) is 5.70. The molecular formula is C19H17NO. The highest BCUT2D eigenvalue weighted by molar-refractivity contribution is 6.04. The largest absolute Gasteiger partial charge is 0.455 e. The van der Waals surface area contributed by atoms with Crippen LogP contribution >= 0.6 is 0 Å². The Morgan fingerprint density at radius 2 is 1.76 bits per heavy atom. The lowest BCUT2D eigenvalue weighted by Gasteiger charge is -1.97. The smallest absolute Gasteiger partial charge is 0.144 e. The summed E-state index contributed by atoms with van der Waals surface area (Å²) in [6.45, 7) is 4.39. The Hall–Kier alpha value is -2.48. The topological polar surface area (TPSA) is 28.9 Å². The fourth-order valence-electron chi connectivity index (χ4n) is 2.78. The van der Waals surface area contributed by atoms with E-state index >= 15 is 0 Å². The predicted molar refractivity (Wildman–Crippen MR) is 87.6 cm³/mol. The van der Waals surface area contributed by atoms with E-state index in [1.54, 1.807) is 0 Å². The van der Waals surface area contributed by atoms with Gasteiger partial charge in [0.2, 0.25) is 0 Å². The average Bonchev–Trinajstić information content (AvgIpc) is 3.11. The molecule has 21 heavy (non-hydrogen) atoms. The van der Waals surface area contributed by atoms with Crippen molar-refractivity contribution in [3.05, 3.63) is 60.3 Å². The van der Waals surface area contributed by atoms with Crippen LogP contribution in [-0.2, 0) is 0 Å². The molecule has 0 unspecified atom stereocenters. The molecule has 1 N–H and O–H groups in total. The molecule has 4 rings (SSSR count). The van der Waals surface area contributed by atoms with Crippen LogP contribution in [0.5, 0.6) is 0 Å². The number of fused-ring (bicyclic) bond motifs is 3. The summed E-state index contributed by atoms with van der Waals surface area (Å²) in [6.07, 6.45) is 0. The van der Waals surface area contributed by atoms with Crippen molar-refractivity contribution in [1.82, 2.24) is 4.98 Å². The Kier molecular flexibility index (Phi) is 2.64. The fraction of sp³-hybridized carbons (Fsp3) is 0.158. The minimum atomic E-state index is 0.482. The van der Waals surface area contributed by atoms with Crippen LogP contribution in [0.2, 0.25) is 0 Å². The van der Waals surface area contributed by atoms with Gasteiger partial charge >= 0.3 is 0 Å². The van der Waals surface area contributed by atoms with E-state index in [4.69, 9.17) is 4.42 Å². The van der Waals surface area contributed by atoms with Crippen molar-refractivity contribution < 1.29 is 4.42 Å². The number of hydrogen-bond donors (Lipinski definition) is 1. The summed E-state index contributed by atoms with van der Waals surface area (Å²) in [5, 5.41) is 2.31. The highest BCUT2D eigenvalue weighted by atomic mass is 16.3. The molecule has 0 aliphatic carbocycles. The van der Waals surface area contributed by atoms with E-state index in [-0.39, 0.29) is 0 Å². The number of benzene rings is 2. The van der Waals surface area contributed by atoms with E-state index in [1.165, 1.54) is 11.1 Å². The minimum Gasteiger partial charge on any atom is -0.455 e. The van der Waals surface area contributed by atoms with Crippen molar-refractivity contribution in [2.75, 3.05) is 0 Å². The van der Waals surface area contributed by atoms with Gasteiger partial charge < -0.3 is 9.40 Å². The molecule has 0 saturated carbocycles. The number of aromatic amines is 1. The molecule has 2 heteroatoms. The zero-order valence-corrected chi connectivity index (χ0v) is 12.2. The molecule has 0 saturated heterocycles. The van der Waals surface area contributed by atoms with Crippen molar-refractivity contribution in [2.45, 2.75) is 19.8 Å². The molecule has 0 bridgehead atoms. The van der Waals surface area contributed by atoms with Gasteiger partial charge in [-0.1, -0.05) is 44.2 Å². The van der Waals surface area contributed by atoms with E-state index in [0.29, 0.717) is 5.92 Å². The van der Waals surface area contributed by atoms with Gasteiger partial charge in [0.25, 0.3) is 0 Å². The highest BCUT2D eigenvalue weighted by Gasteiger charge is 2.12. The average molecular weight is 275 g/mol. The van der Waals surface area contributed by atoms with Crippen LogP contribution in [0.4, 0.5) is 0 Å². The molecule has 0 aliphatic heterocycles. The maximum atomic E-state index is 6.14. The standard InChI is InChI=1S/C19H17NO/c1-12(2)17-11-15-16(20-17)9-8-14-10-18(21-19(14)15)13-6-4-3-5-7-13/h3-12,20H,1-2H3. The normalized spacial score (nSPS) is 11.8. The monoisotopic (exact) mass is 275 g/mol.